The first-order chi connectivity index (χ1) is 10.2. The minimum Gasteiger partial charge on any atom is -0.373 e. The number of ketones is 1. The number of anilines is 1. The third-order valence-electron chi connectivity index (χ3n) is 3.73. The molecule has 0 aliphatic carbocycles. The molecule has 2 aromatic rings. The lowest BCUT2D eigenvalue weighted by Gasteiger charge is -2.13. The third kappa shape index (κ3) is 2.55. The lowest BCUT2D eigenvalue weighted by Crippen LogP contribution is -2.16. The van der Waals surface area contributed by atoms with Crippen LogP contribution in [0.2, 0.25) is 0 Å². The zero-order valence-electron chi connectivity index (χ0n) is 12.2. The van der Waals surface area contributed by atoms with Crippen LogP contribution in [0.5, 0.6) is 0 Å². The first-order valence-electron chi connectivity index (χ1n) is 7.09. The van der Waals surface area contributed by atoms with Gasteiger partial charge < -0.3 is 9.88 Å². The number of nitrogens with one attached hydrogen (secondary N) is 1. The van der Waals surface area contributed by atoms with Crippen molar-refractivity contribution in [2.24, 2.45) is 0 Å². The van der Waals surface area contributed by atoms with E-state index in [4.69, 9.17) is 0 Å². The summed E-state index contributed by atoms with van der Waals surface area (Å²) in [6.07, 6.45) is 3.54. The number of aryl methyl sites for hydroxylation is 1. The molecule has 0 amide bonds. The smallest absolute Gasteiger partial charge is 0.179 e. The number of hydrogen-bond donors (Lipinski definition) is 1. The van der Waals surface area contributed by atoms with E-state index in [2.05, 4.69) is 22.1 Å². The highest BCUT2D eigenvalue weighted by Gasteiger charge is 2.21. The average Bonchev–Trinajstić information content (AvgIpc) is 2.83. The van der Waals surface area contributed by atoms with Crippen molar-refractivity contribution in [2.45, 2.75) is 26.3 Å². The highest BCUT2D eigenvalue weighted by Crippen LogP contribution is 2.22. The van der Waals surface area contributed by atoms with Gasteiger partial charge >= 0.3 is 0 Å². The quantitative estimate of drug-likeness (QED) is 0.816. The molecule has 21 heavy (non-hydrogen) atoms. The van der Waals surface area contributed by atoms with E-state index in [0.717, 1.165) is 41.3 Å². The molecule has 106 valence electrons. The van der Waals surface area contributed by atoms with Crippen LogP contribution in [0.1, 0.15) is 40.2 Å². The first kappa shape index (κ1) is 13.4. The number of rotatable bonds is 1. The molecule has 1 aliphatic rings. The Morgan fingerprint density at radius 1 is 1.33 bits per heavy atom. The van der Waals surface area contributed by atoms with Crippen LogP contribution in [-0.2, 0) is 6.54 Å². The van der Waals surface area contributed by atoms with E-state index < -0.39 is 0 Å². The van der Waals surface area contributed by atoms with Crippen LogP contribution in [0.15, 0.2) is 24.4 Å². The number of hydrogen-bond acceptors (Lipinski definition) is 3. The van der Waals surface area contributed by atoms with E-state index in [1.165, 1.54) is 0 Å². The van der Waals surface area contributed by atoms with Crippen LogP contribution < -0.4 is 5.32 Å². The molecule has 4 heteroatoms. The summed E-state index contributed by atoms with van der Waals surface area (Å²) in [6, 6.07) is 5.69. The number of carbonyl (C=O) groups is 1. The molecule has 0 bridgehead atoms. The largest absolute Gasteiger partial charge is 0.373 e. The van der Waals surface area contributed by atoms with Gasteiger partial charge in [-0.1, -0.05) is 12.0 Å². The molecule has 3 rings (SSSR count). The van der Waals surface area contributed by atoms with Crippen molar-refractivity contribution < 1.29 is 4.79 Å². The van der Waals surface area contributed by atoms with Gasteiger partial charge in [0.1, 0.15) is 11.5 Å². The van der Waals surface area contributed by atoms with E-state index in [9.17, 15) is 4.79 Å². The average molecular weight is 279 g/mol. The van der Waals surface area contributed by atoms with Gasteiger partial charge in [-0.2, -0.15) is 0 Å². The Morgan fingerprint density at radius 3 is 2.95 bits per heavy atom. The maximum absolute atomic E-state index is 12.0. The fraction of sp³-hybridized carbons (Fsp3) is 0.294. The topological polar surface area (TPSA) is 46.9 Å². The van der Waals surface area contributed by atoms with Gasteiger partial charge in [-0.05, 0) is 37.0 Å². The number of aromatic nitrogens is 2. The van der Waals surface area contributed by atoms with Gasteiger partial charge in [-0.25, -0.2) is 4.98 Å². The molecule has 1 aliphatic heterocycles. The molecule has 0 atom stereocenters. The second-order valence-corrected chi connectivity index (χ2v) is 5.14. The van der Waals surface area contributed by atoms with Gasteiger partial charge in [0, 0.05) is 31.8 Å². The van der Waals surface area contributed by atoms with Crippen LogP contribution in [0.4, 0.5) is 5.82 Å². The lowest BCUT2D eigenvalue weighted by molar-refractivity contribution is 0.0954. The molecule has 0 saturated carbocycles. The molecule has 1 N–H and O–H groups in total. The van der Waals surface area contributed by atoms with E-state index in [1.54, 1.807) is 0 Å². The summed E-state index contributed by atoms with van der Waals surface area (Å²) >= 11 is 0. The molecular formula is C17H17N3O. The Kier molecular flexibility index (Phi) is 3.49. The summed E-state index contributed by atoms with van der Waals surface area (Å²) < 4.78 is 2.03. The van der Waals surface area contributed by atoms with Gasteiger partial charge in [0.25, 0.3) is 0 Å². The summed E-state index contributed by atoms with van der Waals surface area (Å²) in [7, 11) is 1.83. The third-order valence-corrected chi connectivity index (χ3v) is 3.73. The Balaban J connectivity index is 1.96. The van der Waals surface area contributed by atoms with Crippen molar-refractivity contribution >= 4 is 11.6 Å². The SMILES string of the molecule is CNc1cccc(C#Cc2cn3c(c2C)C(=O)CCC3)n1. The zero-order chi connectivity index (χ0) is 14.8. The van der Waals surface area contributed by atoms with Crippen molar-refractivity contribution in [3.63, 3.8) is 0 Å². The maximum Gasteiger partial charge on any atom is 0.179 e. The predicted octanol–water partition coefficient (Wildman–Crippen LogP) is 2.61. The Hall–Kier alpha value is -2.54. The Morgan fingerprint density at radius 2 is 2.19 bits per heavy atom. The van der Waals surface area contributed by atoms with E-state index in [0.29, 0.717) is 6.42 Å². The summed E-state index contributed by atoms with van der Waals surface area (Å²) in [5.41, 5.74) is 3.44. The first-order valence-corrected chi connectivity index (χ1v) is 7.09. The minimum absolute atomic E-state index is 0.224. The van der Waals surface area contributed by atoms with Crippen molar-refractivity contribution in [3.8, 4) is 11.8 Å². The summed E-state index contributed by atoms with van der Waals surface area (Å²) in [4.78, 5) is 16.4. The molecule has 0 saturated heterocycles. The van der Waals surface area contributed by atoms with E-state index >= 15 is 0 Å². The molecule has 0 spiro atoms. The van der Waals surface area contributed by atoms with Crippen molar-refractivity contribution in [1.82, 2.24) is 9.55 Å². The van der Waals surface area contributed by atoms with E-state index in [-0.39, 0.29) is 5.78 Å². The molecule has 3 heterocycles. The number of nitrogens with zero attached hydrogens (tertiary/aromatic N) is 2. The maximum atomic E-state index is 12.0. The van der Waals surface area contributed by atoms with Crippen LogP contribution in [0.3, 0.4) is 0 Å². The molecule has 0 unspecified atom stereocenters. The van der Waals surface area contributed by atoms with Crippen LogP contribution in [-0.4, -0.2) is 22.4 Å². The highest BCUT2D eigenvalue weighted by atomic mass is 16.1. The zero-order valence-corrected chi connectivity index (χ0v) is 12.2. The minimum atomic E-state index is 0.224. The Bertz CT molecular complexity index is 762. The molecule has 4 nitrogen and oxygen atoms in total. The fourth-order valence-electron chi connectivity index (χ4n) is 2.64. The Labute approximate surface area is 124 Å². The monoisotopic (exact) mass is 279 g/mol. The summed E-state index contributed by atoms with van der Waals surface area (Å²) in [5, 5.41) is 2.99. The van der Waals surface area contributed by atoms with Gasteiger partial charge in [0.2, 0.25) is 0 Å². The molecule has 0 fully saturated rings. The highest BCUT2D eigenvalue weighted by molar-refractivity contribution is 5.97. The molecule has 0 aromatic carbocycles. The number of Topliss-reactive ketones (excluding diaryl/α,β-unsaturated/α-hetero) is 1. The molecule has 2 aromatic heterocycles. The summed E-state index contributed by atoms with van der Waals surface area (Å²) in [6.45, 7) is 2.87. The van der Waals surface area contributed by atoms with Crippen LogP contribution in [0.25, 0.3) is 0 Å². The lowest BCUT2D eigenvalue weighted by atomic mass is 10.0. The molecule has 0 radical (unpaired) electrons. The number of fused-ring (bicyclic) bond motifs is 1. The number of carbonyl (C=O) groups excluding carboxylic acids is 1. The number of pyridine rings is 1. The van der Waals surface area contributed by atoms with Gasteiger partial charge in [-0.15, -0.1) is 0 Å². The standard InChI is InChI=1S/C17H17N3O/c1-12-13(11-20-10-4-6-15(21)17(12)20)8-9-14-5-3-7-16(18-2)19-14/h3,5,7,11H,4,6,10H2,1-2H3,(H,18,19). The van der Waals surface area contributed by atoms with Gasteiger partial charge in [0.15, 0.2) is 5.78 Å². The fourth-order valence-corrected chi connectivity index (χ4v) is 2.64. The van der Waals surface area contributed by atoms with Crippen molar-refractivity contribution in [1.29, 1.82) is 0 Å². The van der Waals surface area contributed by atoms with Crippen molar-refractivity contribution in [2.75, 3.05) is 12.4 Å². The second kappa shape index (κ2) is 5.45. The normalized spacial score (nSPS) is 13.3. The van der Waals surface area contributed by atoms with Crippen LogP contribution >= 0.6 is 0 Å². The predicted molar refractivity (Wildman–Crippen MR) is 82.5 cm³/mol. The molecular weight excluding hydrogens is 262 g/mol. The summed E-state index contributed by atoms with van der Waals surface area (Å²) in [5.74, 6) is 7.24. The van der Waals surface area contributed by atoms with Gasteiger partial charge in [-0.3, -0.25) is 4.79 Å². The van der Waals surface area contributed by atoms with Crippen LogP contribution in [0, 0.1) is 18.8 Å². The second-order valence-electron chi connectivity index (χ2n) is 5.14. The van der Waals surface area contributed by atoms with Crippen molar-refractivity contribution in [3.05, 3.63) is 46.9 Å². The van der Waals surface area contributed by atoms with Gasteiger partial charge in [0.05, 0.1) is 5.69 Å². The van der Waals surface area contributed by atoms with E-state index in [1.807, 2.05) is 42.9 Å².